The van der Waals surface area contributed by atoms with Crippen LogP contribution in [0.15, 0.2) is 36.9 Å². The summed E-state index contributed by atoms with van der Waals surface area (Å²) in [5.74, 6) is -0.129. The number of carbonyl (C=O) groups excluding carboxylic acids is 1. The van der Waals surface area contributed by atoms with E-state index in [-0.39, 0.29) is 5.91 Å². The van der Waals surface area contributed by atoms with Crippen LogP contribution >= 0.6 is 11.6 Å². The highest BCUT2D eigenvalue weighted by atomic mass is 35.5. The molecule has 0 aliphatic heterocycles. The summed E-state index contributed by atoms with van der Waals surface area (Å²) in [6, 6.07) is 7.63. The lowest BCUT2D eigenvalue weighted by atomic mass is 10.1. The Morgan fingerprint density at radius 1 is 1.43 bits per heavy atom. The van der Waals surface area contributed by atoms with E-state index in [1.807, 2.05) is 38.1 Å². The van der Waals surface area contributed by atoms with Crippen molar-refractivity contribution in [1.29, 1.82) is 0 Å². The molecule has 1 N–H and O–H groups in total. The van der Waals surface area contributed by atoms with Gasteiger partial charge in [-0.15, -0.1) is 6.58 Å². The van der Waals surface area contributed by atoms with Crippen LogP contribution in [0.2, 0.25) is 5.02 Å². The molecule has 110 valence electrons. The van der Waals surface area contributed by atoms with Crippen LogP contribution in [0.4, 0.5) is 0 Å². The summed E-state index contributed by atoms with van der Waals surface area (Å²) in [7, 11) is 0. The van der Waals surface area contributed by atoms with Crippen molar-refractivity contribution in [2.75, 3.05) is 6.54 Å². The molecule has 0 fully saturated rings. The Bertz CT molecular complexity index is 676. The molecular formula is C16H18ClN3O. The van der Waals surface area contributed by atoms with Crippen LogP contribution in [0.5, 0.6) is 0 Å². The van der Waals surface area contributed by atoms with Crippen molar-refractivity contribution < 1.29 is 4.79 Å². The Morgan fingerprint density at radius 3 is 2.81 bits per heavy atom. The molecule has 5 heteroatoms. The molecule has 0 aliphatic carbocycles. The van der Waals surface area contributed by atoms with Crippen LogP contribution in [0.3, 0.4) is 0 Å². The molecule has 0 spiro atoms. The Hall–Kier alpha value is -2.07. The minimum absolute atomic E-state index is 0.129. The van der Waals surface area contributed by atoms with Crippen LogP contribution < -0.4 is 5.32 Å². The highest BCUT2D eigenvalue weighted by Gasteiger charge is 2.18. The predicted octanol–water partition coefficient (Wildman–Crippen LogP) is 3.12. The van der Waals surface area contributed by atoms with Gasteiger partial charge in [0.05, 0.1) is 17.8 Å². The van der Waals surface area contributed by atoms with Crippen LogP contribution in [0, 0.1) is 13.8 Å². The van der Waals surface area contributed by atoms with Gasteiger partial charge in [-0.1, -0.05) is 35.9 Å². The Labute approximate surface area is 129 Å². The van der Waals surface area contributed by atoms with Gasteiger partial charge < -0.3 is 5.32 Å². The second-order valence-electron chi connectivity index (χ2n) is 4.79. The summed E-state index contributed by atoms with van der Waals surface area (Å²) in [5, 5.41) is 7.93. The molecule has 0 aliphatic rings. The van der Waals surface area contributed by atoms with Gasteiger partial charge in [0.1, 0.15) is 0 Å². The summed E-state index contributed by atoms with van der Waals surface area (Å²) < 4.78 is 1.80. The highest BCUT2D eigenvalue weighted by molar-refractivity contribution is 6.31. The molecule has 1 aromatic heterocycles. The first kappa shape index (κ1) is 15.3. The third-order valence-electron chi connectivity index (χ3n) is 3.29. The first-order valence-corrected chi connectivity index (χ1v) is 7.09. The first-order valence-electron chi connectivity index (χ1n) is 6.71. The van der Waals surface area contributed by atoms with Gasteiger partial charge in [-0.3, -0.25) is 9.48 Å². The van der Waals surface area contributed by atoms with Crippen molar-refractivity contribution in [2.24, 2.45) is 0 Å². The smallest absolute Gasteiger partial charge is 0.255 e. The number of hydrogen-bond donors (Lipinski definition) is 1. The number of halogens is 1. The molecule has 0 saturated heterocycles. The molecule has 0 unspecified atom stereocenters. The van der Waals surface area contributed by atoms with E-state index in [0.29, 0.717) is 29.4 Å². The van der Waals surface area contributed by atoms with Gasteiger partial charge in [0, 0.05) is 17.3 Å². The van der Waals surface area contributed by atoms with Crippen LogP contribution in [0.25, 0.3) is 0 Å². The van der Waals surface area contributed by atoms with Crippen LogP contribution in [0.1, 0.15) is 27.3 Å². The molecule has 0 atom stereocenters. The second-order valence-corrected chi connectivity index (χ2v) is 5.20. The van der Waals surface area contributed by atoms with Crippen LogP contribution in [-0.2, 0) is 6.54 Å². The third-order valence-corrected chi connectivity index (χ3v) is 3.66. The van der Waals surface area contributed by atoms with Crippen molar-refractivity contribution >= 4 is 17.5 Å². The van der Waals surface area contributed by atoms with E-state index in [1.165, 1.54) is 0 Å². The maximum absolute atomic E-state index is 12.1. The molecule has 1 heterocycles. The summed E-state index contributed by atoms with van der Waals surface area (Å²) in [6.45, 7) is 8.29. The SMILES string of the molecule is C=CCNC(=O)c1c(C)nn(Cc2ccccc2Cl)c1C. The number of nitrogens with zero attached hydrogens (tertiary/aromatic N) is 2. The number of hydrogen-bond acceptors (Lipinski definition) is 2. The minimum Gasteiger partial charge on any atom is -0.348 e. The van der Waals surface area contributed by atoms with Gasteiger partial charge in [-0.25, -0.2) is 0 Å². The molecule has 0 bridgehead atoms. The summed E-state index contributed by atoms with van der Waals surface area (Å²) in [4.78, 5) is 12.1. The molecule has 1 aromatic carbocycles. The van der Waals surface area contributed by atoms with Crippen molar-refractivity contribution in [1.82, 2.24) is 15.1 Å². The predicted molar refractivity (Wildman–Crippen MR) is 84.8 cm³/mol. The number of amides is 1. The number of benzene rings is 1. The van der Waals surface area contributed by atoms with Gasteiger partial charge in [0.25, 0.3) is 5.91 Å². The maximum atomic E-state index is 12.1. The van der Waals surface area contributed by atoms with E-state index >= 15 is 0 Å². The second kappa shape index (κ2) is 6.59. The number of carbonyl (C=O) groups is 1. The van der Waals surface area contributed by atoms with Crippen LogP contribution in [-0.4, -0.2) is 22.2 Å². The number of aryl methyl sites for hydroxylation is 1. The van der Waals surface area contributed by atoms with Gasteiger partial charge in [0.15, 0.2) is 0 Å². The lowest BCUT2D eigenvalue weighted by Gasteiger charge is -2.07. The van der Waals surface area contributed by atoms with Gasteiger partial charge >= 0.3 is 0 Å². The molecule has 2 rings (SSSR count). The van der Waals surface area contributed by atoms with E-state index in [4.69, 9.17) is 11.6 Å². The zero-order valence-electron chi connectivity index (χ0n) is 12.2. The van der Waals surface area contributed by atoms with Gasteiger partial charge in [-0.05, 0) is 25.5 Å². The zero-order valence-corrected chi connectivity index (χ0v) is 12.9. The van der Waals surface area contributed by atoms with E-state index in [9.17, 15) is 4.79 Å². The fourth-order valence-electron chi connectivity index (χ4n) is 2.22. The number of aromatic nitrogens is 2. The lowest BCUT2D eigenvalue weighted by molar-refractivity contribution is 0.0956. The zero-order chi connectivity index (χ0) is 15.4. The normalized spacial score (nSPS) is 10.4. The molecule has 1 amide bonds. The topological polar surface area (TPSA) is 46.9 Å². The monoisotopic (exact) mass is 303 g/mol. The molecule has 21 heavy (non-hydrogen) atoms. The largest absolute Gasteiger partial charge is 0.348 e. The fourth-order valence-corrected chi connectivity index (χ4v) is 2.42. The first-order chi connectivity index (χ1) is 10.0. The van der Waals surface area contributed by atoms with Crippen molar-refractivity contribution in [3.05, 3.63) is 64.5 Å². The molecule has 0 radical (unpaired) electrons. The fraction of sp³-hybridized carbons (Fsp3) is 0.250. The van der Waals surface area contributed by atoms with Crippen molar-refractivity contribution in [3.63, 3.8) is 0 Å². The van der Waals surface area contributed by atoms with E-state index in [0.717, 1.165) is 11.3 Å². The van der Waals surface area contributed by atoms with E-state index in [1.54, 1.807) is 10.8 Å². The average Bonchev–Trinajstić information content (AvgIpc) is 2.73. The minimum atomic E-state index is -0.129. The van der Waals surface area contributed by atoms with Gasteiger partial charge in [-0.2, -0.15) is 5.10 Å². The Balaban J connectivity index is 2.29. The summed E-state index contributed by atoms with van der Waals surface area (Å²) in [6.07, 6.45) is 1.65. The van der Waals surface area contributed by atoms with Crippen molar-refractivity contribution in [3.8, 4) is 0 Å². The summed E-state index contributed by atoms with van der Waals surface area (Å²) >= 11 is 6.17. The highest BCUT2D eigenvalue weighted by Crippen LogP contribution is 2.19. The van der Waals surface area contributed by atoms with Crippen molar-refractivity contribution in [2.45, 2.75) is 20.4 Å². The third kappa shape index (κ3) is 3.34. The lowest BCUT2D eigenvalue weighted by Crippen LogP contribution is -2.24. The van der Waals surface area contributed by atoms with Gasteiger partial charge in [0.2, 0.25) is 0 Å². The maximum Gasteiger partial charge on any atom is 0.255 e. The standard InChI is InChI=1S/C16H18ClN3O/c1-4-9-18-16(21)15-11(2)19-20(12(15)3)10-13-7-5-6-8-14(13)17/h4-8H,1,9-10H2,2-3H3,(H,18,21). The Kier molecular flexibility index (Phi) is 4.81. The quantitative estimate of drug-likeness (QED) is 0.863. The summed E-state index contributed by atoms with van der Waals surface area (Å²) in [5.41, 5.74) is 3.13. The molecular weight excluding hydrogens is 286 g/mol. The molecule has 2 aromatic rings. The molecule has 4 nitrogen and oxygen atoms in total. The van der Waals surface area contributed by atoms with E-state index < -0.39 is 0 Å². The Morgan fingerprint density at radius 2 is 2.14 bits per heavy atom. The molecule has 0 saturated carbocycles. The van der Waals surface area contributed by atoms with E-state index in [2.05, 4.69) is 17.0 Å². The number of rotatable bonds is 5. The number of nitrogens with one attached hydrogen (secondary N) is 1. The average molecular weight is 304 g/mol.